The average molecular weight is 406 g/mol. The van der Waals surface area contributed by atoms with Crippen LogP contribution >= 0.6 is 12.4 Å². The predicted octanol–water partition coefficient (Wildman–Crippen LogP) is 1.21. The van der Waals surface area contributed by atoms with Gasteiger partial charge in [0.15, 0.2) is 6.61 Å². The number of carbonyl (C=O) groups excluding carboxylic acids is 1. The Morgan fingerprint density at radius 3 is 2.85 bits per heavy atom. The zero-order valence-electron chi connectivity index (χ0n) is 14.8. The van der Waals surface area contributed by atoms with Crippen molar-refractivity contribution in [2.75, 3.05) is 38.7 Å². The number of carbonyl (C=O) groups is 1. The minimum absolute atomic E-state index is 0. The highest BCUT2D eigenvalue weighted by atomic mass is 35.5. The molecular formula is C16H24ClN3O5S. The van der Waals surface area contributed by atoms with Crippen LogP contribution in [0.15, 0.2) is 17.0 Å². The van der Waals surface area contributed by atoms with Crippen LogP contribution in [0.3, 0.4) is 0 Å². The molecule has 2 heterocycles. The van der Waals surface area contributed by atoms with Gasteiger partial charge < -0.3 is 20.1 Å². The SMILES string of the molecule is CCCC1CNCCN1S(=O)(=O)c1cc2c(cc1OC)NC(=O)CO2.Cl. The van der Waals surface area contributed by atoms with Crippen molar-refractivity contribution in [2.45, 2.75) is 30.7 Å². The smallest absolute Gasteiger partial charge is 0.262 e. The number of hydrogen-bond acceptors (Lipinski definition) is 6. The molecule has 2 aliphatic rings. The predicted molar refractivity (Wildman–Crippen MR) is 99.8 cm³/mol. The summed E-state index contributed by atoms with van der Waals surface area (Å²) in [5, 5.41) is 5.91. The number of sulfonamides is 1. The zero-order valence-corrected chi connectivity index (χ0v) is 16.4. The largest absolute Gasteiger partial charge is 0.495 e. The first-order valence-corrected chi connectivity index (χ1v) is 9.78. The quantitative estimate of drug-likeness (QED) is 0.764. The van der Waals surface area contributed by atoms with Crippen molar-refractivity contribution in [1.29, 1.82) is 0 Å². The van der Waals surface area contributed by atoms with E-state index < -0.39 is 10.0 Å². The van der Waals surface area contributed by atoms with E-state index in [0.717, 1.165) is 12.8 Å². The first-order valence-electron chi connectivity index (χ1n) is 8.34. The van der Waals surface area contributed by atoms with Crippen LogP contribution in [0.4, 0.5) is 5.69 Å². The van der Waals surface area contributed by atoms with E-state index in [0.29, 0.717) is 31.1 Å². The Bertz CT molecular complexity index is 769. The van der Waals surface area contributed by atoms with Crippen molar-refractivity contribution in [3.63, 3.8) is 0 Å². The summed E-state index contributed by atoms with van der Waals surface area (Å²) >= 11 is 0. The molecule has 0 saturated carbocycles. The molecule has 1 unspecified atom stereocenters. The zero-order chi connectivity index (χ0) is 18.0. The van der Waals surface area contributed by atoms with Gasteiger partial charge in [-0.25, -0.2) is 8.42 Å². The highest BCUT2D eigenvalue weighted by Gasteiger charge is 2.36. The van der Waals surface area contributed by atoms with E-state index in [9.17, 15) is 13.2 Å². The first kappa shape index (κ1) is 20.8. The molecule has 146 valence electrons. The van der Waals surface area contributed by atoms with Gasteiger partial charge in [-0.15, -0.1) is 12.4 Å². The van der Waals surface area contributed by atoms with E-state index in [1.54, 1.807) is 4.31 Å². The fraction of sp³-hybridized carbons (Fsp3) is 0.562. The summed E-state index contributed by atoms with van der Waals surface area (Å²) in [7, 11) is -2.34. The molecule has 0 aliphatic carbocycles. The van der Waals surface area contributed by atoms with Gasteiger partial charge in [-0.1, -0.05) is 13.3 Å². The number of halogens is 1. The molecule has 26 heavy (non-hydrogen) atoms. The third-order valence-electron chi connectivity index (χ3n) is 4.40. The van der Waals surface area contributed by atoms with Crippen LogP contribution in [0, 0.1) is 0 Å². The number of ether oxygens (including phenoxy) is 2. The van der Waals surface area contributed by atoms with Gasteiger partial charge in [-0.3, -0.25) is 4.79 Å². The number of hydrogen-bond donors (Lipinski definition) is 2. The van der Waals surface area contributed by atoms with E-state index in [1.807, 2.05) is 6.92 Å². The van der Waals surface area contributed by atoms with Crippen molar-refractivity contribution in [2.24, 2.45) is 0 Å². The lowest BCUT2D eigenvalue weighted by molar-refractivity contribution is -0.118. The van der Waals surface area contributed by atoms with Gasteiger partial charge in [-0.2, -0.15) is 4.31 Å². The summed E-state index contributed by atoms with van der Waals surface area (Å²) in [6.45, 7) is 3.55. The number of benzene rings is 1. The van der Waals surface area contributed by atoms with Gasteiger partial charge in [0.25, 0.3) is 5.91 Å². The maximum atomic E-state index is 13.3. The Morgan fingerprint density at radius 2 is 2.15 bits per heavy atom. The fourth-order valence-electron chi connectivity index (χ4n) is 3.21. The lowest BCUT2D eigenvalue weighted by Gasteiger charge is -2.35. The molecule has 2 N–H and O–H groups in total. The molecule has 0 aromatic heterocycles. The molecule has 10 heteroatoms. The highest BCUT2D eigenvalue weighted by molar-refractivity contribution is 7.89. The van der Waals surface area contributed by atoms with Crippen LogP contribution in [0.2, 0.25) is 0 Å². The van der Waals surface area contributed by atoms with Crippen LogP contribution in [-0.4, -0.2) is 58.0 Å². The molecule has 0 radical (unpaired) electrons. The van der Waals surface area contributed by atoms with Gasteiger partial charge in [0, 0.05) is 37.8 Å². The van der Waals surface area contributed by atoms with Gasteiger partial charge >= 0.3 is 0 Å². The Kier molecular flexibility index (Phi) is 6.73. The van der Waals surface area contributed by atoms with E-state index in [-0.39, 0.29) is 41.6 Å². The van der Waals surface area contributed by atoms with Crippen LogP contribution in [0.25, 0.3) is 0 Å². The number of anilines is 1. The standard InChI is InChI=1S/C16H23N3O5S.ClH/c1-3-4-11-9-17-5-6-19(11)25(21,22)15-8-13-12(7-14(15)23-2)18-16(20)10-24-13;/h7-8,11,17H,3-6,9-10H2,1-2H3,(H,18,20);1H. The highest BCUT2D eigenvalue weighted by Crippen LogP contribution is 2.39. The Labute approximate surface area is 159 Å². The monoisotopic (exact) mass is 405 g/mol. The molecule has 3 rings (SSSR count). The number of nitrogens with one attached hydrogen (secondary N) is 2. The number of piperazine rings is 1. The topological polar surface area (TPSA) is 97.0 Å². The summed E-state index contributed by atoms with van der Waals surface area (Å²) in [4.78, 5) is 11.5. The van der Waals surface area contributed by atoms with Gasteiger partial charge in [0.1, 0.15) is 16.4 Å². The molecule has 0 spiro atoms. The minimum atomic E-state index is -3.75. The van der Waals surface area contributed by atoms with Crippen molar-refractivity contribution in [3.05, 3.63) is 12.1 Å². The number of methoxy groups -OCH3 is 1. The van der Waals surface area contributed by atoms with E-state index in [2.05, 4.69) is 10.6 Å². The third kappa shape index (κ3) is 3.90. The van der Waals surface area contributed by atoms with Gasteiger partial charge in [0.05, 0.1) is 12.8 Å². The number of amides is 1. The summed E-state index contributed by atoms with van der Waals surface area (Å²) in [5.74, 6) is 0.245. The molecule has 1 saturated heterocycles. The molecule has 1 aromatic rings. The molecular weight excluding hydrogens is 382 g/mol. The second-order valence-electron chi connectivity index (χ2n) is 6.10. The molecule has 0 bridgehead atoms. The van der Waals surface area contributed by atoms with Crippen LogP contribution in [0.1, 0.15) is 19.8 Å². The van der Waals surface area contributed by atoms with E-state index in [1.165, 1.54) is 19.2 Å². The van der Waals surface area contributed by atoms with Crippen LogP contribution < -0.4 is 20.1 Å². The second-order valence-corrected chi connectivity index (χ2v) is 7.96. The van der Waals surface area contributed by atoms with Crippen LogP contribution in [-0.2, 0) is 14.8 Å². The lowest BCUT2D eigenvalue weighted by Crippen LogP contribution is -2.53. The minimum Gasteiger partial charge on any atom is -0.495 e. The molecule has 2 aliphatic heterocycles. The summed E-state index contributed by atoms with van der Waals surface area (Å²) < 4.78 is 38.8. The van der Waals surface area contributed by atoms with Crippen molar-refractivity contribution in [1.82, 2.24) is 9.62 Å². The normalized spacial score (nSPS) is 20.4. The Balaban J connectivity index is 0.00000243. The summed E-state index contributed by atoms with van der Waals surface area (Å²) in [6, 6.07) is 2.84. The Morgan fingerprint density at radius 1 is 1.38 bits per heavy atom. The maximum absolute atomic E-state index is 13.3. The average Bonchev–Trinajstić information content (AvgIpc) is 2.61. The number of nitrogens with zero attached hydrogens (tertiary/aromatic N) is 1. The van der Waals surface area contributed by atoms with Crippen molar-refractivity contribution in [3.8, 4) is 11.5 Å². The van der Waals surface area contributed by atoms with Crippen molar-refractivity contribution >= 4 is 34.0 Å². The Hall–Kier alpha value is -1.55. The lowest BCUT2D eigenvalue weighted by atomic mass is 10.1. The molecule has 1 aromatic carbocycles. The van der Waals surface area contributed by atoms with Gasteiger partial charge in [-0.05, 0) is 6.42 Å². The van der Waals surface area contributed by atoms with Crippen LogP contribution in [0.5, 0.6) is 11.5 Å². The van der Waals surface area contributed by atoms with Gasteiger partial charge in [0.2, 0.25) is 10.0 Å². The third-order valence-corrected chi connectivity index (χ3v) is 6.38. The summed E-state index contributed by atoms with van der Waals surface area (Å²) in [5.41, 5.74) is 0.414. The second kappa shape index (κ2) is 8.43. The number of rotatable bonds is 5. The summed E-state index contributed by atoms with van der Waals surface area (Å²) in [6.07, 6.45) is 1.68. The maximum Gasteiger partial charge on any atom is 0.262 e. The van der Waals surface area contributed by atoms with E-state index in [4.69, 9.17) is 9.47 Å². The fourth-order valence-corrected chi connectivity index (χ4v) is 5.02. The first-order chi connectivity index (χ1) is 12.0. The molecule has 1 amide bonds. The molecule has 8 nitrogen and oxygen atoms in total. The number of fused-ring (bicyclic) bond motifs is 1. The van der Waals surface area contributed by atoms with E-state index >= 15 is 0 Å². The van der Waals surface area contributed by atoms with Crippen molar-refractivity contribution < 1.29 is 22.7 Å². The molecule has 1 fully saturated rings. The molecule has 1 atom stereocenters.